The number of nitrogens with one attached hydrogen (secondary N) is 2. The third-order valence-electron chi connectivity index (χ3n) is 6.78. The minimum Gasteiger partial charge on any atom is -0.497 e. The third kappa shape index (κ3) is 5.41. The Hall–Kier alpha value is -4.47. The average Bonchev–Trinajstić information content (AvgIpc) is 3.63. The zero-order chi connectivity index (χ0) is 27.8. The maximum Gasteiger partial charge on any atom is 0.420 e. The molecule has 0 unspecified atom stereocenters. The Bertz CT molecular complexity index is 1540. The van der Waals surface area contributed by atoms with E-state index in [1.807, 2.05) is 35.9 Å². The van der Waals surface area contributed by atoms with Crippen molar-refractivity contribution in [3.05, 3.63) is 89.6 Å². The van der Waals surface area contributed by atoms with E-state index < -0.39 is 17.3 Å². The molecule has 1 aliphatic rings. The van der Waals surface area contributed by atoms with E-state index in [0.717, 1.165) is 22.5 Å². The summed E-state index contributed by atoms with van der Waals surface area (Å²) in [6.45, 7) is 0.182. The van der Waals surface area contributed by atoms with Crippen molar-refractivity contribution in [3.63, 3.8) is 0 Å². The van der Waals surface area contributed by atoms with Crippen LogP contribution in [0.1, 0.15) is 34.3 Å². The highest BCUT2D eigenvalue weighted by Gasteiger charge is 2.51. The molecule has 39 heavy (non-hydrogen) atoms. The summed E-state index contributed by atoms with van der Waals surface area (Å²) in [5.74, 6) is -0.659. The number of methoxy groups -OCH3 is 1. The van der Waals surface area contributed by atoms with Gasteiger partial charge in [-0.3, -0.25) is 9.59 Å². The van der Waals surface area contributed by atoms with Crippen molar-refractivity contribution >= 4 is 22.7 Å². The zero-order valence-electron chi connectivity index (χ0n) is 21.3. The van der Waals surface area contributed by atoms with Crippen molar-refractivity contribution in [1.29, 1.82) is 0 Å². The standard InChI is InChI=1S/C29H26F3N3O4/c1-35-17-22(21-5-3-4-6-24(21)35)26(36)34-28(13-14-28)27(37)33-16-18-7-9-19(10-8-18)39-25-12-11-20(38-2)15-23(25)29(30,31)32/h3-12,15,17H,13-14,16H2,1-2H3,(H,33,37)(H,34,36). The zero-order valence-corrected chi connectivity index (χ0v) is 21.3. The predicted octanol–water partition coefficient (Wildman–Crippen LogP) is 5.58. The number of nitrogens with zero attached hydrogens (tertiary/aromatic N) is 1. The number of alkyl halides is 3. The molecule has 2 amide bonds. The van der Waals surface area contributed by atoms with Gasteiger partial charge in [0.05, 0.1) is 12.7 Å². The van der Waals surface area contributed by atoms with Crippen LogP contribution in [0.25, 0.3) is 10.9 Å². The summed E-state index contributed by atoms with van der Waals surface area (Å²) < 4.78 is 52.6. The van der Waals surface area contributed by atoms with Gasteiger partial charge in [-0.25, -0.2) is 0 Å². The fraction of sp³-hybridized carbons (Fsp3) is 0.241. The number of benzene rings is 3. The Morgan fingerprint density at radius 2 is 1.69 bits per heavy atom. The molecule has 202 valence electrons. The number of rotatable bonds is 8. The molecule has 1 aromatic heterocycles. The van der Waals surface area contributed by atoms with Crippen LogP contribution < -0.4 is 20.1 Å². The fourth-order valence-electron chi connectivity index (χ4n) is 4.44. The summed E-state index contributed by atoms with van der Waals surface area (Å²) in [6.07, 6.45) is -1.80. The lowest BCUT2D eigenvalue weighted by Crippen LogP contribution is -2.48. The van der Waals surface area contributed by atoms with Crippen LogP contribution in [0.5, 0.6) is 17.2 Å². The summed E-state index contributed by atoms with van der Waals surface area (Å²) in [5.41, 5.74) is 0.245. The number of aryl methyl sites for hydroxylation is 1. The predicted molar refractivity (Wildman–Crippen MR) is 139 cm³/mol. The molecule has 0 bridgehead atoms. The molecule has 1 fully saturated rings. The van der Waals surface area contributed by atoms with E-state index >= 15 is 0 Å². The van der Waals surface area contributed by atoms with Gasteiger partial charge in [-0.1, -0.05) is 30.3 Å². The molecule has 1 heterocycles. The molecule has 4 aromatic rings. The van der Waals surface area contributed by atoms with Crippen LogP contribution >= 0.6 is 0 Å². The van der Waals surface area contributed by atoms with Crippen LogP contribution in [0.2, 0.25) is 0 Å². The molecule has 3 aromatic carbocycles. The molecular formula is C29H26F3N3O4. The second-order valence-electron chi connectivity index (χ2n) is 9.50. The van der Waals surface area contributed by atoms with Crippen LogP contribution in [0.4, 0.5) is 13.2 Å². The van der Waals surface area contributed by atoms with Crippen LogP contribution in [-0.4, -0.2) is 29.0 Å². The van der Waals surface area contributed by atoms with Gasteiger partial charge in [0, 0.05) is 30.7 Å². The Kier molecular flexibility index (Phi) is 6.71. The molecule has 0 radical (unpaired) electrons. The molecular weight excluding hydrogens is 511 g/mol. The van der Waals surface area contributed by atoms with Gasteiger partial charge in [0.25, 0.3) is 5.91 Å². The smallest absolute Gasteiger partial charge is 0.420 e. The van der Waals surface area contributed by atoms with E-state index in [1.54, 1.807) is 18.3 Å². The van der Waals surface area contributed by atoms with Gasteiger partial charge in [-0.15, -0.1) is 0 Å². The maximum absolute atomic E-state index is 13.5. The van der Waals surface area contributed by atoms with Crippen molar-refractivity contribution in [2.45, 2.75) is 31.1 Å². The second-order valence-corrected chi connectivity index (χ2v) is 9.50. The number of carbonyl (C=O) groups is 2. The normalized spacial score (nSPS) is 14.1. The van der Waals surface area contributed by atoms with Gasteiger partial charge < -0.3 is 24.7 Å². The summed E-state index contributed by atoms with van der Waals surface area (Å²) in [4.78, 5) is 26.0. The van der Waals surface area contributed by atoms with E-state index in [1.165, 1.54) is 31.4 Å². The van der Waals surface area contributed by atoms with Crippen LogP contribution in [0.15, 0.2) is 72.9 Å². The van der Waals surface area contributed by atoms with E-state index in [4.69, 9.17) is 9.47 Å². The van der Waals surface area contributed by atoms with Crippen molar-refractivity contribution in [3.8, 4) is 17.2 Å². The SMILES string of the molecule is COc1ccc(Oc2ccc(CNC(=O)C3(NC(=O)c4cn(C)c5ccccc45)CC3)cc2)c(C(F)(F)F)c1. The van der Waals surface area contributed by atoms with E-state index in [9.17, 15) is 22.8 Å². The highest BCUT2D eigenvalue weighted by Crippen LogP contribution is 2.40. The first-order valence-electron chi connectivity index (χ1n) is 12.3. The lowest BCUT2D eigenvalue weighted by Gasteiger charge is -2.17. The maximum atomic E-state index is 13.5. The van der Waals surface area contributed by atoms with Crippen molar-refractivity contribution < 1.29 is 32.2 Å². The highest BCUT2D eigenvalue weighted by atomic mass is 19.4. The number of para-hydroxylation sites is 1. The highest BCUT2D eigenvalue weighted by molar-refractivity contribution is 6.09. The topological polar surface area (TPSA) is 81.6 Å². The number of hydrogen-bond donors (Lipinski definition) is 2. The molecule has 0 spiro atoms. The number of halogens is 3. The fourth-order valence-corrected chi connectivity index (χ4v) is 4.44. The van der Waals surface area contributed by atoms with E-state index in [-0.39, 0.29) is 35.6 Å². The first-order valence-corrected chi connectivity index (χ1v) is 12.3. The average molecular weight is 538 g/mol. The molecule has 0 atom stereocenters. The summed E-state index contributed by atoms with van der Waals surface area (Å²) >= 11 is 0. The van der Waals surface area contributed by atoms with Gasteiger partial charge in [0.15, 0.2) is 0 Å². The van der Waals surface area contributed by atoms with Gasteiger partial charge in [-0.05, 0) is 54.8 Å². The van der Waals surface area contributed by atoms with Gasteiger partial charge in [-0.2, -0.15) is 13.2 Å². The van der Waals surface area contributed by atoms with Crippen LogP contribution in [-0.2, 0) is 24.6 Å². The second kappa shape index (κ2) is 10.0. The minimum absolute atomic E-state index is 0.0718. The lowest BCUT2D eigenvalue weighted by atomic mass is 10.1. The van der Waals surface area contributed by atoms with Crippen molar-refractivity contribution in [2.75, 3.05) is 7.11 Å². The first-order chi connectivity index (χ1) is 18.6. The van der Waals surface area contributed by atoms with Gasteiger partial charge >= 0.3 is 6.18 Å². The largest absolute Gasteiger partial charge is 0.497 e. The van der Waals surface area contributed by atoms with Gasteiger partial charge in [0.1, 0.15) is 28.4 Å². The summed E-state index contributed by atoms with van der Waals surface area (Å²) in [7, 11) is 3.15. The first kappa shape index (κ1) is 26.1. The number of hydrogen-bond acceptors (Lipinski definition) is 4. The molecule has 7 nitrogen and oxygen atoms in total. The quantitative estimate of drug-likeness (QED) is 0.308. The third-order valence-corrected chi connectivity index (χ3v) is 6.78. The van der Waals surface area contributed by atoms with E-state index in [2.05, 4.69) is 10.6 Å². The Balaban J connectivity index is 1.21. The monoisotopic (exact) mass is 537 g/mol. The van der Waals surface area contributed by atoms with Crippen molar-refractivity contribution in [1.82, 2.24) is 15.2 Å². The summed E-state index contributed by atoms with van der Waals surface area (Å²) in [6, 6.07) is 17.4. The Labute approximate surface area is 222 Å². The Morgan fingerprint density at radius 3 is 2.36 bits per heavy atom. The van der Waals surface area contributed by atoms with Crippen LogP contribution in [0, 0.1) is 0 Å². The molecule has 10 heteroatoms. The van der Waals surface area contributed by atoms with E-state index in [0.29, 0.717) is 18.4 Å². The molecule has 0 saturated heterocycles. The summed E-state index contributed by atoms with van der Waals surface area (Å²) in [5, 5.41) is 6.56. The lowest BCUT2D eigenvalue weighted by molar-refractivity contribution is -0.138. The number of aromatic nitrogens is 1. The number of amides is 2. The number of ether oxygens (including phenoxy) is 2. The minimum atomic E-state index is -4.62. The van der Waals surface area contributed by atoms with Gasteiger partial charge in [0.2, 0.25) is 5.91 Å². The number of carbonyl (C=O) groups excluding carboxylic acids is 2. The Morgan fingerprint density at radius 1 is 1.00 bits per heavy atom. The number of fused-ring (bicyclic) bond motifs is 1. The van der Waals surface area contributed by atoms with Crippen molar-refractivity contribution in [2.24, 2.45) is 7.05 Å². The molecule has 2 N–H and O–H groups in total. The molecule has 5 rings (SSSR count). The molecule has 1 aliphatic carbocycles. The molecule has 0 aliphatic heterocycles. The molecule has 1 saturated carbocycles. The van der Waals surface area contributed by atoms with Crippen LogP contribution in [0.3, 0.4) is 0 Å².